The summed E-state index contributed by atoms with van der Waals surface area (Å²) >= 11 is 0. The number of nitrogens with zero attached hydrogens (tertiary/aromatic N) is 3. The fourth-order valence-electron chi connectivity index (χ4n) is 6.69. The Kier molecular flexibility index (Phi) is 5.25. The highest BCUT2D eigenvalue weighted by atomic mass is 15.0. The summed E-state index contributed by atoms with van der Waals surface area (Å²) in [6.07, 6.45) is 0. The lowest BCUT2D eigenvalue weighted by Crippen LogP contribution is -2.00. The van der Waals surface area contributed by atoms with Crippen LogP contribution in [0.2, 0.25) is 0 Å². The minimum absolute atomic E-state index is 0.0929. The molecule has 0 saturated heterocycles. The van der Waals surface area contributed by atoms with Gasteiger partial charge < -0.3 is 0 Å². The van der Waals surface area contributed by atoms with E-state index in [9.17, 15) is 4.11 Å². The van der Waals surface area contributed by atoms with Crippen molar-refractivity contribution >= 4 is 43.1 Å². The van der Waals surface area contributed by atoms with E-state index in [1.807, 2.05) is 84.9 Å². The van der Waals surface area contributed by atoms with Crippen molar-refractivity contribution in [1.29, 1.82) is 0 Å². The molecule has 0 fully saturated rings. The predicted molar refractivity (Wildman–Crippen MR) is 217 cm³/mol. The van der Waals surface area contributed by atoms with E-state index < -0.39 is 54.4 Å². The Balaban J connectivity index is 1.18. The number of hydrogen-bond acceptors (Lipinski definition) is 3. The molecule has 1 heterocycles. The van der Waals surface area contributed by atoms with Crippen molar-refractivity contribution in [1.82, 2.24) is 15.0 Å². The van der Waals surface area contributed by atoms with Gasteiger partial charge in [0.25, 0.3) is 0 Å². The van der Waals surface area contributed by atoms with E-state index in [-0.39, 0.29) is 44.6 Å². The second-order valence-corrected chi connectivity index (χ2v) is 12.6. The Morgan fingerprint density at radius 3 is 1.71 bits per heavy atom. The molecule has 0 N–H and O–H groups in total. The van der Waals surface area contributed by atoms with E-state index in [1.165, 1.54) is 0 Å². The van der Waals surface area contributed by atoms with Crippen molar-refractivity contribution in [3.63, 3.8) is 0 Å². The van der Waals surface area contributed by atoms with Crippen LogP contribution in [0.25, 0.3) is 99.5 Å². The van der Waals surface area contributed by atoms with Crippen LogP contribution in [0, 0.1) is 0 Å². The molecular weight excluding hydrogens is 631 g/mol. The standard InChI is InChI=1S/C49H31N3/c1-2-10-32(11-3-1)37-20-21-40-28-38(22-23-39(40)27-37)36-16-8-17-42(29-36)47-50-48(52-49(51-47)46-19-9-15-33-12-6-7-18-45(33)46)43-25-24-41-26-34-13-4-5-14-35(34)30-44(41)31-43/h1-31H/i4D,5D,13D,14D,24D,25D,26D,30D,31D. The number of benzene rings is 9. The summed E-state index contributed by atoms with van der Waals surface area (Å²) in [6.45, 7) is 0. The molecule has 0 aliphatic rings. The quantitative estimate of drug-likeness (QED) is 0.171. The second kappa shape index (κ2) is 12.4. The molecule has 10 rings (SSSR count). The Labute approximate surface area is 314 Å². The van der Waals surface area contributed by atoms with Gasteiger partial charge in [0.2, 0.25) is 0 Å². The van der Waals surface area contributed by atoms with E-state index in [4.69, 9.17) is 23.2 Å². The van der Waals surface area contributed by atoms with Gasteiger partial charge >= 0.3 is 0 Å². The molecule has 9 aromatic carbocycles. The first-order valence-electron chi connectivity index (χ1n) is 21.4. The first-order valence-corrected chi connectivity index (χ1v) is 16.9. The molecule has 0 aliphatic carbocycles. The summed E-state index contributed by atoms with van der Waals surface area (Å²) < 4.78 is 79.8. The Hall–Kier alpha value is -6.97. The lowest BCUT2D eigenvalue weighted by molar-refractivity contribution is 1.08. The molecule has 52 heavy (non-hydrogen) atoms. The van der Waals surface area contributed by atoms with Crippen LogP contribution in [0.3, 0.4) is 0 Å². The third kappa shape index (κ3) is 5.46. The first-order chi connectivity index (χ1) is 29.5. The smallest absolute Gasteiger partial charge is 0.164 e. The van der Waals surface area contributed by atoms with E-state index in [0.29, 0.717) is 11.1 Å². The Morgan fingerprint density at radius 1 is 0.327 bits per heavy atom. The van der Waals surface area contributed by atoms with Gasteiger partial charge in [-0.05, 0) is 102 Å². The molecule has 0 atom stereocenters. The van der Waals surface area contributed by atoms with Crippen molar-refractivity contribution in [3.8, 4) is 56.4 Å². The molecular formula is C49H31N3. The zero-order valence-electron chi connectivity index (χ0n) is 36.5. The van der Waals surface area contributed by atoms with Gasteiger partial charge in [-0.3, -0.25) is 0 Å². The van der Waals surface area contributed by atoms with Gasteiger partial charge in [0.1, 0.15) is 0 Å². The number of hydrogen-bond donors (Lipinski definition) is 0. The van der Waals surface area contributed by atoms with E-state index in [0.717, 1.165) is 43.8 Å². The molecule has 0 aliphatic heterocycles. The molecule has 0 radical (unpaired) electrons. The van der Waals surface area contributed by atoms with E-state index in [1.54, 1.807) is 0 Å². The van der Waals surface area contributed by atoms with Crippen molar-refractivity contribution in [2.75, 3.05) is 0 Å². The molecule has 1 aromatic heterocycles. The van der Waals surface area contributed by atoms with Crippen LogP contribution in [0.1, 0.15) is 12.3 Å². The molecule has 3 heteroatoms. The van der Waals surface area contributed by atoms with Crippen LogP contribution in [0.15, 0.2) is 188 Å². The van der Waals surface area contributed by atoms with Gasteiger partial charge in [-0.25, -0.2) is 15.0 Å². The number of fused-ring (bicyclic) bond motifs is 4. The maximum atomic E-state index is 9.50. The molecule has 0 saturated carbocycles. The van der Waals surface area contributed by atoms with Gasteiger partial charge in [-0.1, -0.05) is 152 Å². The summed E-state index contributed by atoms with van der Waals surface area (Å²) in [5.41, 5.74) is 5.28. The minimum atomic E-state index is -0.579. The minimum Gasteiger partial charge on any atom is -0.208 e. The van der Waals surface area contributed by atoms with Gasteiger partial charge in [-0.2, -0.15) is 0 Å². The predicted octanol–water partition coefficient (Wildman–Crippen LogP) is 12.8. The molecule has 242 valence electrons. The zero-order chi connectivity index (χ0) is 42.3. The highest BCUT2D eigenvalue weighted by molar-refractivity contribution is 6.00. The summed E-state index contributed by atoms with van der Waals surface area (Å²) in [7, 11) is 0. The van der Waals surface area contributed by atoms with Gasteiger partial charge in [0.15, 0.2) is 17.5 Å². The largest absolute Gasteiger partial charge is 0.208 e. The van der Waals surface area contributed by atoms with Crippen LogP contribution in [0.4, 0.5) is 0 Å². The molecule has 10 aromatic rings. The van der Waals surface area contributed by atoms with Crippen LogP contribution in [-0.4, -0.2) is 15.0 Å². The van der Waals surface area contributed by atoms with Crippen LogP contribution in [0.5, 0.6) is 0 Å². The highest BCUT2D eigenvalue weighted by Gasteiger charge is 2.15. The summed E-state index contributed by atoms with van der Waals surface area (Å²) in [4.78, 5) is 14.7. The van der Waals surface area contributed by atoms with Crippen LogP contribution < -0.4 is 0 Å². The van der Waals surface area contributed by atoms with Gasteiger partial charge in [-0.15, -0.1) is 0 Å². The summed E-state index contributed by atoms with van der Waals surface area (Å²) in [5, 5.41) is 3.06. The maximum absolute atomic E-state index is 9.50. The van der Waals surface area contributed by atoms with Crippen LogP contribution >= 0.6 is 0 Å². The van der Waals surface area contributed by atoms with E-state index in [2.05, 4.69) is 48.5 Å². The van der Waals surface area contributed by atoms with E-state index >= 15 is 0 Å². The molecule has 0 spiro atoms. The average Bonchev–Trinajstić information content (AvgIpc) is 3.29. The van der Waals surface area contributed by atoms with Gasteiger partial charge in [0, 0.05) is 16.7 Å². The third-order valence-corrected chi connectivity index (χ3v) is 9.29. The first kappa shape index (κ1) is 22.0. The molecule has 3 nitrogen and oxygen atoms in total. The maximum Gasteiger partial charge on any atom is 0.164 e. The zero-order valence-corrected chi connectivity index (χ0v) is 27.5. The fraction of sp³-hybridized carbons (Fsp3) is 0. The Bertz CT molecular complexity index is 3480. The number of rotatable bonds is 5. The number of aromatic nitrogens is 3. The third-order valence-electron chi connectivity index (χ3n) is 9.29. The highest BCUT2D eigenvalue weighted by Crippen LogP contribution is 2.34. The Morgan fingerprint density at radius 2 is 0.904 bits per heavy atom. The van der Waals surface area contributed by atoms with Crippen molar-refractivity contribution in [2.45, 2.75) is 0 Å². The van der Waals surface area contributed by atoms with Gasteiger partial charge in [0.05, 0.1) is 12.3 Å². The fourth-order valence-corrected chi connectivity index (χ4v) is 6.69. The van der Waals surface area contributed by atoms with Crippen molar-refractivity contribution in [3.05, 3.63) is 188 Å². The molecule has 0 unspecified atom stereocenters. The SMILES string of the molecule is [2H]c1c([2H])c([2H])c2c([2H])c3c([2H])c(-c4nc(-c5cccc(-c6ccc7cc(-c8ccccc8)ccc7c6)c5)nc(-c5cccc6ccccc56)n4)c([2H])c([2H])c3c([2H])c2c1[2H]. The van der Waals surface area contributed by atoms with Crippen molar-refractivity contribution in [2.24, 2.45) is 0 Å². The van der Waals surface area contributed by atoms with Crippen LogP contribution in [-0.2, 0) is 0 Å². The normalized spacial score (nSPS) is 13.9. The second-order valence-electron chi connectivity index (χ2n) is 12.6. The molecule has 0 bridgehead atoms. The topological polar surface area (TPSA) is 38.7 Å². The van der Waals surface area contributed by atoms with Crippen molar-refractivity contribution < 1.29 is 12.3 Å². The summed E-state index contributed by atoms with van der Waals surface area (Å²) in [5.74, 6) is 0.408. The molecule has 0 amide bonds. The summed E-state index contributed by atoms with van der Waals surface area (Å²) in [6, 6.07) is 39.8. The lowest BCUT2D eigenvalue weighted by atomic mass is 9.97. The monoisotopic (exact) mass is 670 g/mol. The lowest BCUT2D eigenvalue weighted by Gasteiger charge is -2.12. The average molecular weight is 671 g/mol.